The molecule has 0 saturated heterocycles. The van der Waals surface area contributed by atoms with E-state index < -0.39 is 0 Å². The zero-order chi connectivity index (χ0) is 9.84. The summed E-state index contributed by atoms with van der Waals surface area (Å²) >= 11 is 0. The maximum Gasteiger partial charge on any atom is 0.127 e. The number of aliphatic hydroxyl groups excluding tert-OH is 1. The summed E-state index contributed by atoms with van der Waals surface area (Å²) in [6.45, 7) is 1.73. The Kier molecular flexibility index (Phi) is 2.88. The summed E-state index contributed by atoms with van der Waals surface area (Å²) < 4.78 is 5.10. The quantitative estimate of drug-likeness (QED) is 0.742. The Balaban J connectivity index is 3.31. The molecule has 13 heavy (non-hydrogen) atoms. The molecular weight excluding hydrogens is 166 g/mol. The van der Waals surface area contributed by atoms with Gasteiger partial charge in [0.05, 0.1) is 25.3 Å². The van der Waals surface area contributed by atoms with Crippen LogP contribution in [0.5, 0.6) is 5.75 Å². The fourth-order valence-corrected chi connectivity index (χ4v) is 1.32. The molecule has 3 nitrogen and oxygen atoms in total. The first kappa shape index (κ1) is 9.56. The number of ether oxygens (including phenoxy) is 1. The molecule has 0 atom stereocenters. The van der Waals surface area contributed by atoms with Crippen LogP contribution in [0.1, 0.15) is 16.7 Å². The highest BCUT2D eigenvalue weighted by molar-refractivity contribution is 5.47. The van der Waals surface area contributed by atoms with Gasteiger partial charge in [-0.3, -0.25) is 0 Å². The second-order valence-corrected chi connectivity index (χ2v) is 2.76. The van der Waals surface area contributed by atoms with Gasteiger partial charge in [-0.15, -0.1) is 0 Å². The highest BCUT2D eigenvalue weighted by Gasteiger charge is 2.07. The molecule has 0 spiro atoms. The minimum absolute atomic E-state index is 0.112. The van der Waals surface area contributed by atoms with Crippen molar-refractivity contribution >= 4 is 0 Å². The van der Waals surface area contributed by atoms with Crippen LogP contribution in [0.2, 0.25) is 0 Å². The third-order valence-electron chi connectivity index (χ3n) is 1.86. The normalized spacial score (nSPS) is 9.38. The second-order valence-electron chi connectivity index (χ2n) is 2.76. The van der Waals surface area contributed by atoms with Crippen molar-refractivity contribution in [2.75, 3.05) is 7.11 Å². The Morgan fingerprint density at radius 1 is 1.54 bits per heavy atom. The van der Waals surface area contributed by atoms with Crippen molar-refractivity contribution in [2.45, 2.75) is 13.5 Å². The largest absolute Gasteiger partial charge is 0.496 e. The summed E-state index contributed by atoms with van der Waals surface area (Å²) in [6.07, 6.45) is 0. The standard InChI is InChI=1S/C10H11NO2/c1-7-3-8(5-11)4-9(6-12)10(7)13-2/h3-4,12H,6H2,1-2H3. The number of hydrogen-bond donors (Lipinski definition) is 1. The van der Waals surface area contributed by atoms with E-state index in [2.05, 4.69) is 0 Å². The average molecular weight is 177 g/mol. The summed E-state index contributed by atoms with van der Waals surface area (Å²) in [5.41, 5.74) is 2.06. The van der Waals surface area contributed by atoms with Crippen LogP contribution in [0.4, 0.5) is 0 Å². The van der Waals surface area contributed by atoms with E-state index in [4.69, 9.17) is 15.1 Å². The predicted molar refractivity (Wildman–Crippen MR) is 48.4 cm³/mol. The predicted octanol–water partition coefficient (Wildman–Crippen LogP) is 1.37. The van der Waals surface area contributed by atoms with Crippen LogP contribution in [0.15, 0.2) is 12.1 Å². The van der Waals surface area contributed by atoms with Crippen LogP contribution in [-0.2, 0) is 6.61 Å². The molecule has 0 aromatic heterocycles. The molecular formula is C10H11NO2. The Morgan fingerprint density at radius 3 is 2.69 bits per heavy atom. The van der Waals surface area contributed by atoms with Gasteiger partial charge >= 0.3 is 0 Å². The summed E-state index contributed by atoms with van der Waals surface area (Å²) in [4.78, 5) is 0. The number of nitriles is 1. The van der Waals surface area contributed by atoms with E-state index in [1.807, 2.05) is 13.0 Å². The van der Waals surface area contributed by atoms with Gasteiger partial charge < -0.3 is 9.84 Å². The SMILES string of the molecule is COc1c(C)cc(C#N)cc1CO. The molecule has 3 heteroatoms. The lowest BCUT2D eigenvalue weighted by atomic mass is 10.1. The highest BCUT2D eigenvalue weighted by atomic mass is 16.5. The summed E-state index contributed by atoms with van der Waals surface area (Å²) in [5.74, 6) is 0.654. The fraction of sp³-hybridized carbons (Fsp3) is 0.300. The topological polar surface area (TPSA) is 53.2 Å². The number of nitrogens with zero attached hydrogens (tertiary/aromatic N) is 1. The third-order valence-corrected chi connectivity index (χ3v) is 1.86. The molecule has 0 amide bonds. The van der Waals surface area contributed by atoms with E-state index in [1.165, 1.54) is 0 Å². The molecule has 0 saturated carbocycles. The molecule has 0 aliphatic carbocycles. The van der Waals surface area contributed by atoms with Crippen molar-refractivity contribution in [1.29, 1.82) is 5.26 Å². The average Bonchev–Trinajstić information content (AvgIpc) is 2.16. The van der Waals surface area contributed by atoms with Gasteiger partial charge in [0.1, 0.15) is 5.75 Å². The lowest BCUT2D eigenvalue weighted by molar-refractivity contribution is 0.273. The van der Waals surface area contributed by atoms with Crippen LogP contribution < -0.4 is 4.74 Å². The van der Waals surface area contributed by atoms with E-state index >= 15 is 0 Å². The summed E-state index contributed by atoms with van der Waals surface area (Å²) in [5, 5.41) is 17.7. The van der Waals surface area contributed by atoms with Gasteiger partial charge in [-0.25, -0.2) is 0 Å². The lowest BCUT2D eigenvalue weighted by Crippen LogP contribution is -1.95. The maximum absolute atomic E-state index is 9.00. The minimum atomic E-state index is -0.112. The first-order valence-corrected chi connectivity index (χ1v) is 3.91. The van der Waals surface area contributed by atoms with Crippen molar-refractivity contribution in [3.05, 3.63) is 28.8 Å². The number of benzene rings is 1. The number of aryl methyl sites for hydroxylation is 1. The van der Waals surface area contributed by atoms with Crippen LogP contribution in [0, 0.1) is 18.3 Å². The minimum Gasteiger partial charge on any atom is -0.496 e. The number of methoxy groups -OCH3 is 1. The Labute approximate surface area is 77.2 Å². The second kappa shape index (κ2) is 3.92. The summed E-state index contributed by atoms with van der Waals surface area (Å²) in [6, 6.07) is 5.39. The third kappa shape index (κ3) is 1.79. The molecule has 0 aliphatic heterocycles. The zero-order valence-corrected chi connectivity index (χ0v) is 7.66. The fourth-order valence-electron chi connectivity index (χ4n) is 1.32. The van der Waals surface area contributed by atoms with Crippen molar-refractivity contribution < 1.29 is 9.84 Å². The summed E-state index contributed by atoms with van der Waals surface area (Å²) in [7, 11) is 1.55. The van der Waals surface area contributed by atoms with Gasteiger partial charge in [0.2, 0.25) is 0 Å². The van der Waals surface area contributed by atoms with E-state index in [0.717, 1.165) is 5.56 Å². The van der Waals surface area contributed by atoms with Gasteiger partial charge in [0.25, 0.3) is 0 Å². The highest BCUT2D eigenvalue weighted by Crippen LogP contribution is 2.24. The molecule has 0 fully saturated rings. The monoisotopic (exact) mass is 177 g/mol. The van der Waals surface area contributed by atoms with Crippen LogP contribution in [0.25, 0.3) is 0 Å². The van der Waals surface area contributed by atoms with Crippen molar-refractivity contribution in [1.82, 2.24) is 0 Å². The zero-order valence-electron chi connectivity index (χ0n) is 7.66. The van der Waals surface area contributed by atoms with Crippen LogP contribution >= 0.6 is 0 Å². The van der Waals surface area contributed by atoms with Gasteiger partial charge in [-0.05, 0) is 24.6 Å². The Morgan fingerprint density at radius 2 is 2.23 bits per heavy atom. The van der Waals surface area contributed by atoms with Crippen LogP contribution in [0.3, 0.4) is 0 Å². The molecule has 0 bridgehead atoms. The smallest absolute Gasteiger partial charge is 0.127 e. The van der Waals surface area contributed by atoms with Gasteiger partial charge in [-0.2, -0.15) is 5.26 Å². The van der Waals surface area contributed by atoms with Gasteiger partial charge in [0.15, 0.2) is 0 Å². The Bertz CT molecular complexity index is 353. The molecule has 1 aromatic rings. The molecule has 0 radical (unpaired) electrons. The van der Waals surface area contributed by atoms with Gasteiger partial charge in [-0.1, -0.05) is 0 Å². The van der Waals surface area contributed by atoms with Crippen LogP contribution in [-0.4, -0.2) is 12.2 Å². The van der Waals surface area contributed by atoms with Crippen molar-refractivity contribution in [3.8, 4) is 11.8 Å². The van der Waals surface area contributed by atoms with E-state index in [1.54, 1.807) is 19.2 Å². The molecule has 0 unspecified atom stereocenters. The molecule has 1 rings (SSSR count). The maximum atomic E-state index is 9.00. The molecule has 68 valence electrons. The number of aliphatic hydroxyl groups is 1. The molecule has 1 aromatic carbocycles. The first-order chi connectivity index (χ1) is 6.22. The van der Waals surface area contributed by atoms with Crippen molar-refractivity contribution in [2.24, 2.45) is 0 Å². The van der Waals surface area contributed by atoms with Crippen molar-refractivity contribution in [3.63, 3.8) is 0 Å². The van der Waals surface area contributed by atoms with E-state index in [9.17, 15) is 0 Å². The number of hydrogen-bond acceptors (Lipinski definition) is 3. The van der Waals surface area contributed by atoms with Gasteiger partial charge in [0, 0.05) is 5.56 Å². The van der Waals surface area contributed by atoms with E-state index in [0.29, 0.717) is 16.9 Å². The lowest BCUT2D eigenvalue weighted by Gasteiger charge is -2.09. The molecule has 0 aliphatic rings. The Hall–Kier alpha value is -1.53. The number of rotatable bonds is 2. The first-order valence-electron chi connectivity index (χ1n) is 3.91. The van der Waals surface area contributed by atoms with E-state index in [-0.39, 0.29) is 6.61 Å². The molecule has 0 heterocycles. The molecule has 1 N–H and O–H groups in total.